The first-order valence-electron chi connectivity index (χ1n) is 17.5. The SMILES string of the molecule is CC[NH+](CC)CC.O=S(=O)([O-])CCCN1\C(=C/C=C/C=C/c2sc3ccc4ccccc4c3[n+]2CCCS(=O)(=O)[O-])Sc2ccc3ccccc3c21. The summed E-state index contributed by atoms with van der Waals surface area (Å²) >= 11 is 3.19. The van der Waals surface area contributed by atoms with E-state index in [4.69, 9.17) is 0 Å². The van der Waals surface area contributed by atoms with Crippen molar-refractivity contribution in [3.63, 3.8) is 0 Å². The van der Waals surface area contributed by atoms with E-state index in [1.54, 1.807) is 28.0 Å². The van der Waals surface area contributed by atoms with Crippen LogP contribution in [0.3, 0.4) is 0 Å². The van der Waals surface area contributed by atoms with Crippen LogP contribution in [0.25, 0.3) is 37.8 Å². The van der Waals surface area contributed by atoms with Crippen LogP contribution in [0.15, 0.2) is 107 Å². The Morgan fingerprint density at radius 3 is 2.02 bits per heavy atom. The molecule has 1 aliphatic heterocycles. The number of nitrogens with one attached hydrogen (secondary N) is 1. The molecule has 13 heteroatoms. The first kappa shape index (κ1) is 39.6. The molecule has 52 heavy (non-hydrogen) atoms. The van der Waals surface area contributed by atoms with Gasteiger partial charge in [-0.25, -0.2) is 16.8 Å². The number of quaternary nitrogens is 1. The van der Waals surface area contributed by atoms with Crippen molar-refractivity contribution in [3.05, 3.63) is 107 Å². The van der Waals surface area contributed by atoms with Gasteiger partial charge in [0.2, 0.25) is 5.52 Å². The average Bonchev–Trinajstić information content (AvgIpc) is 3.66. The first-order valence-corrected chi connectivity index (χ1v) is 22.3. The molecule has 0 saturated carbocycles. The van der Waals surface area contributed by atoms with Crippen LogP contribution in [-0.4, -0.2) is 63.6 Å². The van der Waals surface area contributed by atoms with Crippen molar-refractivity contribution in [2.24, 2.45) is 0 Å². The van der Waals surface area contributed by atoms with Crippen LogP contribution < -0.4 is 14.4 Å². The number of rotatable bonds is 14. The van der Waals surface area contributed by atoms with Gasteiger partial charge in [0.05, 0.1) is 56.0 Å². The van der Waals surface area contributed by atoms with Crippen LogP contribution in [0.1, 0.15) is 38.6 Å². The molecule has 0 unspecified atom stereocenters. The van der Waals surface area contributed by atoms with Crippen LogP contribution in [-0.2, 0) is 26.8 Å². The van der Waals surface area contributed by atoms with Crippen molar-refractivity contribution in [1.29, 1.82) is 0 Å². The van der Waals surface area contributed by atoms with E-state index in [1.807, 2.05) is 78.9 Å². The number of anilines is 1. The predicted molar refractivity (Wildman–Crippen MR) is 214 cm³/mol. The molecule has 0 radical (unpaired) electrons. The first-order chi connectivity index (χ1) is 24.9. The summed E-state index contributed by atoms with van der Waals surface area (Å²) in [5.41, 5.74) is 2.02. The second-order valence-corrected chi connectivity index (χ2v) is 17.6. The van der Waals surface area contributed by atoms with Gasteiger partial charge in [-0.1, -0.05) is 95.9 Å². The number of hydrogen-bond donors (Lipinski definition) is 1. The lowest BCUT2D eigenvalue weighted by Crippen LogP contribution is -3.11. The van der Waals surface area contributed by atoms with Crippen LogP contribution in [0.2, 0.25) is 0 Å². The Balaban J connectivity index is 0.000000679. The van der Waals surface area contributed by atoms with Crippen molar-refractivity contribution >= 4 is 86.9 Å². The molecule has 1 aromatic heterocycles. The lowest BCUT2D eigenvalue weighted by Gasteiger charge is -2.22. The van der Waals surface area contributed by atoms with Gasteiger partial charge in [-0.05, 0) is 62.2 Å². The Kier molecular flexibility index (Phi) is 13.7. The van der Waals surface area contributed by atoms with Crippen LogP contribution in [0.5, 0.6) is 0 Å². The molecule has 2 heterocycles. The fourth-order valence-corrected chi connectivity index (χ4v) is 9.53. The molecule has 6 rings (SSSR count). The number of benzene rings is 4. The summed E-state index contributed by atoms with van der Waals surface area (Å²) in [5.74, 6) is -0.851. The maximum Gasteiger partial charge on any atom is 0.262 e. The highest BCUT2D eigenvalue weighted by atomic mass is 32.2. The number of fused-ring (bicyclic) bond motifs is 6. The molecule has 9 nitrogen and oxygen atoms in total. The van der Waals surface area contributed by atoms with Gasteiger partial charge in [0.15, 0.2) is 6.54 Å². The topological polar surface area (TPSA) is 126 Å². The Morgan fingerprint density at radius 2 is 1.37 bits per heavy atom. The fraction of sp³-hybridized carbons (Fsp3) is 0.308. The summed E-state index contributed by atoms with van der Waals surface area (Å²) in [5, 5.41) is 6.14. The van der Waals surface area contributed by atoms with Crippen molar-refractivity contribution < 1.29 is 35.4 Å². The minimum atomic E-state index is -4.32. The molecular formula is C39H45N3O6S4. The Hall–Kier alpha value is -3.56. The summed E-state index contributed by atoms with van der Waals surface area (Å²) < 4.78 is 70.9. The summed E-state index contributed by atoms with van der Waals surface area (Å²) in [6.45, 7) is 11.3. The van der Waals surface area contributed by atoms with Gasteiger partial charge < -0.3 is 18.9 Å². The van der Waals surface area contributed by atoms with Gasteiger partial charge in [-0.3, -0.25) is 0 Å². The monoisotopic (exact) mass is 779 g/mol. The number of thioether (sulfide) groups is 1. The smallest absolute Gasteiger partial charge is 0.262 e. The van der Waals surface area contributed by atoms with Gasteiger partial charge in [-0.15, -0.1) is 0 Å². The van der Waals surface area contributed by atoms with Gasteiger partial charge >= 0.3 is 0 Å². The van der Waals surface area contributed by atoms with Gasteiger partial charge in [0.1, 0.15) is 4.70 Å². The van der Waals surface area contributed by atoms with E-state index >= 15 is 0 Å². The second-order valence-electron chi connectivity index (χ2n) is 12.4. The van der Waals surface area contributed by atoms with Gasteiger partial charge in [-0.2, -0.15) is 4.57 Å². The highest BCUT2D eigenvalue weighted by molar-refractivity contribution is 8.03. The molecule has 0 atom stereocenters. The Bertz CT molecular complexity index is 2320. The van der Waals surface area contributed by atoms with Crippen molar-refractivity contribution in [3.8, 4) is 0 Å². The average molecular weight is 780 g/mol. The zero-order valence-electron chi connectivity index (χ0n) is 29.7. The van der Waals surface area contributed by atoms with Crippen molar-refractivity contribution in [1.82, 2.24) is 0 Å². The molecular weight excluding hydrogens is 735 g/mol. The van der Waals surface area contributed by atoms with Crippen LogP contribution >= 0.6 is 23.1 Å². The molecule has 0 bridgehead atoms. The number of aryl methyl sites for hydroxylation is 1. The second kappa shape index (κ2) is 18.0. The molecule has 276 valence electrons. The zero-order valence-corrected chi connectivity index (χ0v) is 32.9. The maximum absolute atomic E-state index is 11.3. The third kappa shape index (κ3) is 10.3. The molecule has 1 aliphatic rings. The van der Waals surface area contributed by atoms with Crippen LogP contribution in [0.4, 0.5) is 5.69 Å². The molecule has 0 amide bonds. The lowest BCUT2D eigenvalue weighted by atomic mass is 10.1. The minimum Gasteiger partial charge on any atom is -0.748 e. The molecule has 0 fully saturated rings. The number of nitrogens with zero attached hydrogens (tertiary/aromatic N) is 2. The van der Waals surface area contributed by atoms with Gasteiger partial charge in [0, 0.05) is 40.8 Å². The third-order valence-electron chi connectivity index (χ3n) is 8.98. The van der Waals surface area contributed by atoms with Gasteiger partial charge in [0.25, 0.3) is 5.01 Å². The molecule has 0 saturated heterocycles. The zero-order chi connectivity index (χ0) is 37.3. The largest absolute Gasteiger partial charge is 0.748 e. The summed E-state index contributed by atoms with van der Waals surface area (Å²) in [6, 6.07) is 24.3. The number of hydrogen-bond acceptors (Lipinski definition) is 9. The summed E-state index contributed by atoms with van der Waals surface area (Å²) in [4.78, 5) is 4.82. The van der Waals surface area contributed by atoms with Crippen molar-refractivity contribution in [2.75, 3.05) is 42.6 Å². The number of aromatic nitrogens is 1. The number of thiazole rings is 1. The molecule has 0 aliphatic carbocycles. The Morgan fingerprint density at radius 1 is 0.750 bits per heavy atom. The molecule has 1 N–H and O–H groups in total. The normalized spacial score (nSPS) is 14.4. The summed E-state index contributed by atoms with van der Waals surface area (Å²) in [7, 11) is -8.63. The van der Waals surface area contributed by atoms with E-state index in [1.165, 1.54) is 19.6 Å². The highest BCUT2D eigenvalue weighted by Crippen LogP contribution is 2.49. The maximum atomic E-state index is 11.3. The van der Waals surface area contributed by atoms with E-state index in [-0.39, 0.29) is 12.8 Å². The van der Waals surface area contributed by atoms with E-state index in [0.717, 1.165) is 52.4 Å². The van der Waals surface area contributed by atoms with E-state index in [0.29, 0.717) is 13.1 Å². The highest BCUT2D eigenvalue weighted by Gasteiger charge is 2.27. The van der Waals surface area contributed by atoms with E-state index < -0.39 is 31.7 Å². The lowest BCUT2D eigenvalue weighted by molar-refractivity contribution is -0.894. The minimum absolute atomic E-state index is 0.213. The quantitative estimate of drug-likeness (QED) is 0.0789. The molecule has 5 aromatic rings. The number of allylic oxidation sites excluding steroid dienone is 4. The molecule has 0 spiro atoms. The van der Waals surface area contributed by atoms with E-state index in [2.05, 4.69) is 54.5 Å². The standard InChI is InChI=1S/C33H30N2O6S4.C6H15N/c36-44(37,38)22-8-20-34-30(42-28-18-16-24-10-4-6-12-26(24)32(28)34)14-2-1-3-15-31-35(21-9-23-45(39,40)41)33-27-13-7-5-11-25(27)17-19-29(33)43-31;1-4-7(5-2)6-3/h1-7,10-19H,8-9,20-23H2,(H-,36,37,38,39,40,41);4-6H2,1-3H3. The van der Waals surface area contributed by atoms with E-state index in [9.17, 15) is 25.9 Å². The van der Waals surface area contributed by atoms with Crippen LogP contribution in [0, 0.1) is 0 Å². The molecule has 4 aromatic carbocycles. The predicted octanol–water partition coefficient (Wildman–Crippen LogP) is 6.32. The Labute approximate surface area is 315 Å². The third-order valence-corrected chi connectivity index (χ3v) is 12.8. The fourth-order valence-electron chi connectivity index (χ4n) is 6.33. The van der Waals surface area contributed by atoms with Crippen molar-refractivity contribution in [2.45, 2.75) is 45.1 Å². The summed E-state index contributed by atoms with van der Waals surface area (Å²) in [6.07, 6.45) is 10.1.